The molecule has 1 aromatic rings. The van der Waals surface area contributed by atoms with Gasteiger partial charge in [-0.25, -0.2) is 0 Å². The number of hydrogen-bond donors (Lipinski definition) is 1. The molecule has 2 heteroatoms. The summed E-state index contributed by atoms with van der Waals surface area (Å²) in [6.45, 7) is 6.59. The molecule has 0 aromatic heterocycles. The lowest BCUT2D eigenvalue weighted by molar-refractivity contribution is 0.170. The Kier molecular flexibility index (Phi) is 4.19. The maximum atomic E-state index is 6.62. The molecule has 1 aliphatic carbocycles. The molecule has 0 aliphatic heterocycles. The second-order valence-corrected chi connectivity index (χ2v) is 6.37. The lowest BCUT2D eigenvalue weighted by atomic mass is 9.68. The summed E-state index contributed by atoms with van der Waals surface area (Å²) in [5.41, 5.74) is 10.6. The summed E-state index contributed by atoms with van der Waals surface area (Å²) >= 11 is 0. The van der Waals surface area contributed by atoms with E-state index in [2.05, 4.69) is 32.9 Å². The fraction of sp³-hybridized carbons (Fsp3) is 0.647. The van der Waals surface area contributed by atoms with Crippen molar-refractivity contribution in [3.05, 3.63) is 28.8 Å². The lowest BCUT2D eigenvalue weighted by Gasteiger charge is -2.39. The van der Waals surface area contributed by atoms with Crippen molar-refractivity contribution in [1.29, 1.82) is 0 Å². The second-order valence-electron chi connectivity index (χ2n) is 6.37. The van der Waals surface area contributed by atoms with Gasteiger partial charge in [0.25, 0.3) is 0 Å². The number of aryl methyl sites for hydroxylation is 2. The highest BCUT2D eigenvalue weighted by atomic mass is 16.5. The van der Waals surface area contributed by atoms with Gasteiger partial charge in [-0.1, -0.05) is 32.3 Å². The van der Waals surface area contributed by atoms with Crippen LogP contribution in [0.3, 0.4) is 0 Å². The van der Waals surface area contributed by atoms with Crippen molar-refractivity contribution in [2.75, 3.05) is 7.11 Å². The normalized spacial score (nSPS) is 20.1. The Hall–Kier alpha value is -1.02. The Morgan fingerprint density at radius 3 is 2.32 bits per heavy atom. The molecule has 1 unspecified atom stereocenters. The molecule has 1 aliphatic rings. The maximum Gasteiger partial charge on any atom is 0.122 e. The largest absolute Gasteiger partial charge is 0.496 e. The second kappa shape index (κ2) is 5.54. The number of nitrogens with two attached hydrogens (primary N) is 1. The van der Waals surface area contributed by atoms with Gasteiger partial charge in [-0.05, 0) is 54.9 Å². The predicted molar refractivity (Wildman–Crippen MR) is 80.6 cm³/mol. The molecule has 2 N–H and O–H groups in total. The molecule has 106 valence electrons. The van der Waals surface area contributed by atoms with Crippen molar-refractivity contribution < 1.29 is 4.74 Å². The smallest absolute Gasteiger partial charge is 0.122 e. The van der Waals surface area contributed by atoms with Gasteiger partial charge in [-0.15, -0.1) is 0 Å². The summed E-state index contributed by atoms with van der Waals surface area (Å²) < 4.78 is 5.39. The topological polar surface area (TPSA) is 35.2 Å². The SMILES string of the molecule is COc1cc(C)c(C(N)C2(C)CCCCC2)cc1C. The van der Waals surface area contributed by atoms with Gasteiger partial charge >= 0.3 is 0 Å². The first-order valence-corrected chi connectivity index (χ1v) is 7.38. The average molecular weight is 261 g/mol. The van der Waals surface area contributed by atoms with Crippen molar-refractivity contribution in [1.82, 2.24) is 0 Å². The average Bonchev–Trinajstić information content (AvgIpc) is 2.41. The molecule has 0 radical (unpaired) electrons. The van der Waals surface area contributed by atoms with Crippen molar-refractivity contribution in [3.8, 4) is 5.75 Å². The minimum atomic E-state index is 0.136. The van der Waals surface area contributed by atoms with E-state index in [1.54, 1.807) is 7.11 Å². The molecule has 0 bridgehead atoms. The summed E-state index contributed by atoms with van der Waals surface area (Å²) in [6.07, 6.45) is 6.50. The van der Waals surface area contributed by atoms with Gasteiger partial charge in [0.15, 0.2) is 0 Å². The first-order valence-electron chi connectivity index (χ1n) is 7.38. The number of hydrogen-bond acceptors (Lipinski definition) is 2. The molecule has 0 saturated heterocycles. The third-order valence-corrected chi connectivity index (χ3v) is 4.87. The van der Waals surface area contributed by atoms with Crippen LogP contribution in [0.1, 0.15) is 61.8 Å². The number of rotatable bonds is 3. The third kappa shape index (κ3) is 2.79. The summed E-state index contributed by atoms with van der Waals surface area (Å²) in [6, 6.07) is 4.48. The van der Waals surface area contributed by atoms with Gasteiger partial charge in [-0.3, -0.25) is 0 Å². The summed E-state index contributed by atoms with van der Waals surface area (Å²) in [5, 5.41) is 0. The molecule has 2 rings (SSSR count). The van der Waals surface area contributed by atoms with Gasteiger partial charge in [0.1, 0.15) is 5.75 Å². The van der Waals surface area contributed by atoms with E-state index in [1.807, 2.05) is 0 Å². The third-order valence-electron chi connectivity index (χ3n) is 4.87. The maximum absolute atomic E-state index is 6.62. The molecular weight excluding hydrogens is 234 g/mol. The van der Waals surface area contributed by atoms with Gasteiger partial charge in [-0.2, -0.15) is 0 Å². The molecule has 0 spiro atoms. The zero-order chi connectivity index (χ0) is 14.0. The van der Waals surface area contributed by atoms with E-state index in [0.29, 0.717) is 0 Å². The molecule has 1 atom stereocenters. The van der Waals surface area contributed by atoms with Crippen LogP contribution in [0.4, 0.5) is 0 Å². The van der Waals surface area contributed by atoms with E-state index in [9.17, 15) is 0 Å². The zero-order valence-corrected chi connectivity index (χ0v) is 12.8. The van der Waals surface area contributed by atoms with Gasteiger partial charge in [0.05, 0.1) is 7.11 Å². The van der Waals surface area contributed by atoms with E-state index >= 15 is 0 Å². The van der Waals surface area contributed by atoms with Crippen molar-refractivity contribution in [3.63, 3.8) is 0 Å². The number of benzene rings is 1. The highest BCUT2D eigenvalue weighted by Crippen LogP contribution is 2.45. The van der Waals surface area contributed by atoms with Crippen LogP contribution in [-0.2, 0) is 0 Å². The first-order chi connectivity index (χ1) is 8.98. The molecule has 1 aromatic carbocycles. The molecule has 0 amide bonds. The minimum absolute atomic E-state index is 0.136. The number of ether oxygens (including phenoxy) is 1. The molecule has 1 fully saturated rings. The Labute approximate surface area is 117 Å². The van der Waals surface area contributed by atoms with Crippen LogP contribution in [0.5, 0.6) is 5.75 Å². The molecule has 2 nitrogen and oxygen atoms in total. The van der Waals surface area contributed by atoms with Crippen LogP contribution < -0.4 is 10.5 Å². The molecule has 19 heavy (non-hydrogen) atoms. The quantitative estimate of drug-likeness (QED) is 0.881. The van der Waals surface area contributed by atoms with E-state index < -0.39 is 0 Å². The van der Waals surface area contributed by atoms with Gasteiger partial charge < -0.3 is 10.5 Å². The summed E-state index contributed by atoms with van der Waals surface area (Å²) in [4.78, 5) is 0. The van der Waals surface area contributed by atoms with Crippen molar-refractivity contribution in [2.45, 2.75) is 58.9 Å². The Morgan fingerprint density at radius 1 is 1.11 bits per heavy atom. The van der Waals surface area contributed by atoms with Crippen LogP contribution in [-0.4, -0.2) is 7.11 Å². The minimum Gasteiger partial charge on any atom is -0.496 e. The summed E-state index contributed by atoms with van der Waals surface area (Å²) in [5.74, 6) is 0.960. The standard InChI is InChI=1S/C17H27NO/c1-12-11-15(19-4)13(2)10-14(12)16(18)17(3)8-6-5-7-9-17/h10-11,16H,5-9,18H2,1-4H3. The highest BCUT2D eigenvalue weighted by Gasteiger charge is 2.34. The monoisotopic (exact) mass is 261 g/mol. The fourth-order valence-corrected chi connectivity index (χ4v) is 3.41. The highest BCUT2D eigenvalue weighted by molar-refractivity contribution is 5.43. The Balaban J connectivity index is 2.33. The van der Waals surface area contributed by atoms with Crippen LogP contribution >= 0.6 is 0 Å². The predicted octanol–water partition coefficient (Wildman–Crippen LogP) is 4.28. The van der Waals surface area contributed by atoms with E-state index in [-0.39, 0.29) is 11.5 Å². The van der Waals surface area contributed by atoms with Crippen LogP contribution in [0.25, 0.3) is 0 Å². The van der Waals surface area contributed by atoms with Crippen LogP contribution in [0, 0.1) is 19.3 Å². The number of methoxy groups -OCH3 is 1. The van der Waals surface area contributed by atoms with Crippen molar-refractivity contribution in [2.24, 2.45) is 11.1 Å². The lowest BCUT2D eigenvalue weighted by Crippen LogP contribution is -2.34. The van der Waals surface area contributed by atoms with E-state index in [1.165, 1.54) is 48.8 Å². The zero-order valence-electron chi connectivity index (χ0n) is 12.8. The first kappa shape index (κ1) is 14.4. The molecule has 0 heterocycles. The molecular formula is C17H27NO. The van der Waals surface area contributed by atoms with E-state index in [4.69, 9.17) is 10.5 Å². The molecule has 1 saturated carbocycles. The van der Waals surface area contributed by atoms with Crippen LogP contribution in [0.15, 0.2) is 12.1 Å². The van der Waals surface area contributed by atoms with E-state index in [0.717, 1.165) is 5.75 Å². The Bertz CT molecular complexity index is 447. The van der Waals surface area contributed by atoms with Crippen LogP contribution in [0.2, 0.25) is 0 Å². The van der Waals surface area contributed by atoms with Gasteiger partial charge in [0, 0.05) is 6.04 Å². The van der Waals surface area contributed by atoms with Gasteiger partial charge in [0.2, 0.25) is 0 Å². The fourth-order valence-electron chi connectivity index (χ4n) is 3.41. The van der Waals surface area contributed by atoms with Crippen molar-refractivity contribution >= 4 is 0 Å². The Morgan fingerprint density at radius 2 is 1.74 bits per heavy atom. The summed E-state index contributed by atoms with van der Waals surface area (Å²) in [7, 11) is 1.73.